The van der Waals surface area contributed by atoms with Crippen LogP contribution in [0, 0.1) is 0 Å². The van der Waals surface area contributed by atoms with Gasteiger partial charge in [-0.1, -0.05) is 29.8 Å². The second kappa shape index (κ2) is 9.74. The molecule has 45 heavy (non-hydrogen) atoms. The monoisotopic (exact) mass is 643 g/mol. The lowest BCUT2D eigenvalue weighted by Crippen LogP contribution is -2.71. The average Bonchev–Trinajstić information content (AvgIpc) is 3.49. The summed E-state index contributed by atoms with van der Waals surface area (Å²) < 4.78 is 24.7. The molecule has 0 radical (unpaired) electrons. The van der Waals surface area contributed by atoms with Gasteiger partial charge in [0.1, 0.15) is 28.5 Å². The number of imidazole rings is 1. The zero-order valence-electron chi connectivity index (χ0n) is 24.6. The number of benzene rings is 2. The number of pyridine rings is 2. The molecule has 0 unspecified atom stereocenters. The van der Waals surface area contributed by atoms with E-state index in [1.807, 2.05) is 34.9 Å². The van der Waals surface area contributed by atoms with Crippen LogP contribution < -0.4 is 24.4 Å². The van der Waals surface area contributed by atoms with Gasteiger partial charge in [0.2, 0.25) is 5.91 Å². The number of methoxy groups -OCH3 is 3. The minimum absolute atomic E-state index is 0.0116. The number of carbonyl (C=O) groups excluding carboxylic acids is 1. The quantitative estimate of drug-likeness (QED) is 0.194. The zero-order valence-corrected chi connectivity index (χ0v) is 26.1. The number of amides is 1. The summed E-state index contributed by atoms with van der Waals surface area (Å²) >= 11 is 13.6. The van der Waals surface area contributed by atoms with E-state index in [0.29, 0.717) is 67.6 Å². The van der Waals surface area contributed by atoms with Crippen LogP contribution in [0.4, 0.5) is 11.4 Å². The Labute approximate surface area is 268 Å². The Morgan fingerprint density at radius 2 is 1.78 bits per heavy atom. The highest BCUT2D eigenvalue weighted by Gasteiger charge is 2.87. The summed E-state index contributed by atoms with van der Waals surface area (Å²) in [7, 11) is 4.70. The van der Waals surface area contributed by atoms with E-state index in [9.17, 15) is 4.79 Å². The van der Waals surface area contributed by atoms with Crippen LogP contribution in [0.25, 0.3) is 38.9 Å². The zero-order chi connectivity index (χ0) is 31.2. The highest BCUT2D eigenvalue weighted by molar-refractivity contribution is 6.41. The smallest absolute Gasteiger partial charge is 0.247 e. The molecule has 1 saturated carbocycles. The lowest BCUT2D eigenvalue weighted by Gasteiger charge is -2.55. The van der Waals surface area contributed by atoms with Crippen molar-refractivity contribution in [2.45, 2.75) is 17.6 Å². The van der Waals surface area contributed by atoms with E-state index in [2.05, 4.69) is 21.8 Å². The van der Waals surface area contributed by atoms with Crippen molar-refractivity contribution in [3.05, 3.63) is 71.6 Å². The van der Waals surface area contributed by atoms with E-state index in [0.717, 1.165) is 29.6 Å². The first-order valence-electron chi connectivity index (χ1n) is 14.2. The van der Waals surface area contributed by atoms with Gasteiger partial charge < -0.3 is 29.2 Å². The molecule has 3 aliphatic rings. The van der Waals surface area contributed by atoms with E-state index in [-0.39, 0.29) is 17.0 Å². The number of morpholine rings is 1. The molecule has 228 valence electrons. The van der Waals surface area contributed by atoms with E-state index < -0.39 is 0 Å². The van der Waals surface area contributed by atoms with Crippen molar-refractivity contribution in [3.63, 3.8) is 0 Å². The maximum Gasteiger partial charge on any atom is 0.247 e. The van der Waals surface area contributed by atoms with Crippen molar-refractivity contribution in [3.8, 4) is 39.6 Å². The molecule has 2 aromatic carbocycles. The molecule has 0 bridgehead atoms. The van der Waals surface area contributed by atoms with Crippen molar-refractivity contribution in [2.75, 3.05) is 44.7 Å². The molecule has 10 nitrogen and oxygen atoms in total. The van der Waals surface area contributed by atoms with Gasteiger partial charge >= 0.3 is 0 Å². The third-order valence-corrected chi connectivity index (χ3v) is 10.1. The number of carbonyl (C=O) groups is 1. The van der Waals surface area contributed by atoms with Crippen LogP contribution in [-0.2, 0) is 9.53 Å². The van der Waals surface area contributed by atoms with Gasteiger partial charge in [-0.05, 0) is 24.3 Å². The number of nitrogens with one attached hydrogen (secondary N) is 1. The fourth-order valence-corrected chi connectivity index (χ4v) is 7.57. The first-order chi connectivity index (χ1) is 21.8. The maximum absolute atomic E-state index is 12.5. The predicted octanol–water partition coefficient (Wildman–Crippen LogP) is 6.41. The predicted molar refractivity (Wildman–Crippen MR) is 173 cm³/mol. The first-order valence-corrected chi connectivity index (χ1v) is 15.0. The summed E-state index contributed by atoms with van der Waals surface area (Å²) in [6.07, 6.45) is 7.61. The Bertz CT molecular complexity index is 2090. The van der Waals surface area contributed by atoms with Crippen LogP contribution in [0.5, 0.6) is 17.2 Å². The number of ether oxygens (including phenoxy) is 4. The minimum atomic E-state index is -0.303. The average molecular weight is 645 g/mol. The minimum Gasteiger partial charge on any atom is -0.496 e. The van der Waals surface area contributed by atoms with E-state index in [1.54, 1.807) is 25.6 Å². The van der Waals surface area contributed by atoms with Crippen LogP contribution in [0.2, 0.25) is 10.0 Å². The van der Waals surface area contributed by atoms with Gasteiger partial charge in [0.25, 0.3) is 0 Å². The number of hydrogen-bond acceptors (Lipinski definition) is 8. The molecular weight excluding hydrogens is 617 g/mol. The summed E-state index contributed by atoms with van der Waals surface area (Å²) in [4.78, 5) is 24.3. The fourth-order valence-electron chi connectivity index (χ4n) is 6.86. The van der Waals surface area contributed by atoms with E-state index in [4.69, 9.17) is 47.1 Å². The number of anilines is 2. The summed E-state index contributed by atoms with van der Waals surface area (Å²) in [5.74, 6) is 1.18. The van der Waals surface area contributed by atoms with Gasteiger partial charge in [-0.25, -0.2) is 4.98 Å². The Morgan fingerprint density at radius 3 is 2.38 bits per heavy atom. The fraction of sp³-hybridized carbons (Fsp3) is 0.242. The van der Waals surface area contributed by atoms with Gasteiger partial charge in [0.05, 0.1) is 72.7 Å². The lowest BCUT2D eigenvalue weighted by molar-refractivity contribution is -0.116. The lowest BCUT2D eigenvalue weighted by atomic mass is 9.92. The van der Waals surface area contributed by atoms with Crippen LogP contribution in [0.3, 0.4) is 0 Å². The maximum atomic E-state index is 12.5. The van der Waals surface area contributed by atoms with Gasteiger partial charge in [0.15, 0.2) is 0 Å². The molecule has 12 heteroatoms. The topological polar surface area (TPSA) is 99.5 Å². The molecule has 3 aromatic heterocycles. The molecule has 2 saturated heterocycles. The summed E-state index contributed by atoms with van der Waals surface area (Å²) in [6.45, 7) is 5.09. The van der Waals surface area contributed by atoms with Crippen molar-refractivity contribution in [1.29, 1.82) is 0 Å². The second-order valence-corrected chi connectivity index (χ2v) is 12.2. The van der Waals surface area contributed by atoms with Crippen molar-refractivity contribution in [2.24, 2.45) is 0 Å². The molecule has 3 fully saturated rings. The van der Waals surface area contributed by atoms with Gasteiger partial charge in [-0.15, -0.1) is 0 Å². The Hall–Kier alpha value is -4.51. The Balaban J connectivity index is 1.28. The normalized spacial score (nSPS) is 21.0. The van der Waals surface area contributed by atoms with Crippen molar-refractivity contribution < 1.29 is 23.7 Å². The van der Waals surface area contributed by atoms with Gasteiger partial charge in [-0.2, -0.15) is 0 Å². The number of hydrogen-bond donors (Lipinski definition) is 1. The highest BCUT2D eigenvalue weighted by atomic mass is 35.5. The molecule has 1 amide bonds. The van der Waals surface area contributed by atoms with E-state index in [1.165, 1.54) is 20.3 Å². The Morgan fingerprint density at radius 1 is 1.02 bits per heavy atom. The number of fused-ring (bicyclic) bond motifs is 3. The van der Waals surface area contributed by atoms with Crippen LogP contribution in [-0.4, -0.2) is 65.9 Å². The third kappa shape index (κ3) is 3.76. The molecule has 5 aromatic rings. The number of rotatable bonds is 8. The molecule has 5 heterocycles. The number of nitrogens with zero attached hydrogens (tertiary/aromatic N) is 4. The molecule has 2 aliphatic heterocycles. The van der Waals surface area contributed by atoms with Gasteiger partial charge in [0, 0.05) is 59.2 Å². The Kier molecular flexibility index (Phi) is 6.06. The second-order valence-electron chi connectivity index (χ2n) is 11.4. The van der Waals surface area contributed by atoms with E-state index >= 15 is 0 Å². The van der Waals surface area contributed by atoms with Crippen LogP contribution >= 0.6 is 23.2 Å². The molecule has 0 spiro atoms. The summed E-state index contributed by atoms with van der Waals surface area (Å²) in [5.41, 5.74) is 5.59. The van der Waals surface area contributed by atoms with Gasteiger partial charge in [-0.3, -0.25) is 14.2 Å². The first kappa shape index (κ1) is 28.0. The molecule has 1 aliphatic carbocycles. The SMILES string of the molecule is C=CC(=O)Nc1cc(-c2cc3c(cn2)cc(-c2c(Cl)c(OC)cc(OC)c2Cl)c2nccn23)c(OC)cc1N1C[C@]23C[C@]12CO3. The third-order valence-electron chi connectivity index (χ3n) is 9.34. The standard InChI is InChI=1S/C33H27Cl2N5O5/c1-5-27(41)38-21-9-18(24(42-2)11-23(21)40-15-33-14-32(33,40)16-45-33)20-10-22-17(13-37-20)8-19(31-36-6-7-39(22)31)28-29(34)25(43-3)12-26(44-4)30(28)35/h5-13H,1,14-16H2,2-4H3,(H,38,41)/t32-,33-/m1/s1. The molecule has 2 atom stereocenters. The molecular formula is C33H27Cl2N5O5. The van der Waals surface area contributed by atoms with Crippen LogP contribution in [0.15, 0.2) is 61.6 Å². The van der Waals surface area contributed by atoms with Crippen molar-refractivity contribution >= 4 is 57.0 Å². The molecule has 1 N–H and O–H groups in total. The summed E-state index contributed by atoms with van der Waals surface area (Å²) in [6, 6.07) is 9.43. The number of aromatic nitrogens is 3. The largest absolute Gasteiger partial charge is 0.496 e. The molecule has 8 rings (SSSR count). The summed E-state index contributed by atoms with van der Waals surface area (Å²) in [5, 5.41) is 4.50. The highest BCUT2D eigenvalue weighted by Crippen LogP contribution is 2.72. The van der Waals surface area contributed by atoms with Crippen LogP contribution in [0.1, 0.15) is 6.42 Å². The van der Waals surface area contributed by atoms with Crippen molar-refractivity contribution in [1.82, 2.24) is 14.4 Å². The number of halogens is 2.